The average Bonchev–Trinajstić information content (AvgIpc) is 2.24. The van der Waals surface area contributed by atoms with Crippen LogP contribution in [-0.4, -0.2) is 11.5 Å². The van der Waals surface area contributed by atoms with Crippen LogP contribution in [0, 0.1) is 0 Å². The molecule has 84 valence electrons. The second-order valence-electron chi connectivity index (χ2n) is 2.78. The molecule has 0 bridgehead atoms. The molecule has 0 aromatic carbocycles. The van der Waals surface area contributed by atoms with E-state index in [-0.39, 0.29) is 12.2 Å². The minimum absolute atomic E-state index is 0.0778. The fourth-order valence-electron chi connectivity index (χ4n) is 0.973. The molecule has 4 nitrogen and oxygen atoms in total. The summed E-state index contributed by atoms with van der Waals surface area (Å²) in [7, 11) is 0. The number of aromatic nitrogens is 1. The van der Waals surface area contributed by atoms with E-state index in [1.165, 1.54) is 12.2 Å². The molecule has 0 fully saturated rings. The molecule has 0 amide bonds. The van der Waals surface area contributed by atoms with E-state index in [0.29, 0.717) is 0 Å². The van der Waals surface area contributed by atoms with E-state index in [4.69, 9.17) is 5.53 Å². The molecule has 0 atom stereocenters. The number of pyridine rings is 1. The lowest BCUT2D eigenvalue weighted by molar-refractivity contribution is -0.137. The molecule has 7 heteroatoms. The van der Waals surface area contributed by atoms with Crippen LogP contribution >= 0.6 is 0 Å². The molecule has 1 heterocycles. The zero-order valence-electron chi connectivity index (χ0n) is 8.02. The van der Waals surface area contributed by atoms with Crippen molar-refractivity contribution in [2.75, 3.05) is 6.54 Å². The monoisotopic (exact) mass is 228 g/mol. The molecule has 0 aliphatic rings. The van der Waals surface area contributed by atoms with E-state index in [2.05, 4.69) is 15.0 Å². The molecule has 0 N–H and O–H groups in total. The first-order valence-electron chi connectivity index (χ1n) is 4.24. The lowest BCUT2D eigenvalue weighted by Gasteiger charge is -2.05. The molecule has 1 aromatic heterocycles. The molecule has 0 aliphatic carbocycles. The Hall–Kier alpha value is -2.01. The summed E-state index contributed by atoms with van der Waals surface area (Å²) in [6.45, 7) is 0.0778. The number of rotatable bonds is 3. The van der Waals surface area contributed by atoms with Crippen LogP contribution in [0.4, 0.5) is 13.2 Å². The van der Waals surface area contributed by atoms with Gasteiger partial charge in [-0.1, -0.05) is 11.2 Å². The fourth-order valence-corrected chi connectivity index (χ4v) is 0.973. The number of hydrogen-bond acceptors (Lipinski definition) is 2. The highest BCUT2D eigenvalue weighted by Crippen LogP contribution is 2.29. The van der Waals surface area contributed by atoms with Crippen LogP contribution in [0.5, 0.6) is 0 Å². The Morgan fingerprint density at radius 1 is 1.50 bits per heavy atom. The maximum atomic E-state index is 12.3. The zero-order chi connectivity index (χ0) is 12.0. The van der Waals surface area contributed by atoms with Gasteiger partial charge in [0.25, 0.3) is 0 Å². The summed E-state index contributed by atoms with van der Waals surface area (Å²) >= 11 is 0. The van der Waals surface area contributed by atoms with Crippen LogP contribution in [0.3, 0.4) is 0 Å². The van der Waals surface area contributed by atoms with Gasteiger partial charge in [-0.2, -0.15) is 13.2 Å². The molecular formula is C9H7F3N4. The third-order valence-corrected chi connectivity index (χ3v) is 1.65. The molecule has 0 unspecified atom stereocenters. The van der Waals surface area contributed by atoms with Crippen molar-refractivity contribution in [3.05, 3.63) is 46.1 Å². The first kappa shape index (κ1) is 12.1. The van der Waals surface area contributed by atoms with Crippen molar-refractivity contribution in [1.29, 1.82) is 0 Å². The second-order valence-corrected chi connectivity index (χ2v) is 2.78. The molecule has 1 aromatic rings. The highest BCUT2D eigenvalue weighted by atomic mass is 19.4. The molecular weight excluding hydrogens is 221 g/mol. The Morgan fingerprint density at radius 3 is 2.88 bits per heavy atom. The summed E-state index contributed by atoms with van der Waals surface area (Å²) in [5, 5.41) is 3.20. The van der Waals surface area contributed by atoms with Crippen LogP contribution in [0.2, 0.25) is 0 Å². The SMILES string of the molecule is [N-]=[N+]=NCC=Cc1cc(C(F)(F)F)ccn1. The Balaban J connectivity index is 2.83. The minimum Gasteiger partial charge on any atom is -0.257 e. The minimum atomic E-state index is -4.38. The highest BCUT2D eigenvalue weighted by molar-refractivity contribution is 5.46. The van der Waals surface area contributed by atoms with Crippen molar-refractivity contribution in [3.8, 4) is 0 Å². The normalized spacial score (nSPS) is 11.4. The summed E-state index contributed by atoms with van der Waals surface area (Å²) in [6.07, 6.45) is -0.501. The predicted molar refractivity (Wildman–Crippen MR) is 52.3 cm³/mol. The summed E-state index contributed by atoms with van der Waals surface area (Å²) in [6, 6.07) is 1.82. The Labute approximate surface area is 89.1 Å². The van der Waals surface area contributed by atoms with Crippen LogP contribution < -0.4 is 0 Å². The van der Waals surface area contributed by atoms with Gasteiger partial charge >= 0.3 is 6.18 Å². The smallest absolute Gasteiger partial charge is 0.257 e. The van der Waals surface area contributed by atoms with E-state index in [9.17, 15) is 13.2 Å². The van der Waals surface area contributed by atoms with Crippen LogP contribution in [0.25, 0.3) is 16.5 Å². The third-order valence-electron chi connectivity index (χ3n) is 1.65. The third kappa shape index (κ3) is 3.62. The first-order chi connectivity index (χ1) is 7.54. The van der Waals surface area contributed by atoms with Gasteiger partial charge in [0.05, 0.1) is 11.3 Å². The molecule has 0 saturated heterocycles. The van der Waals surface area contributed by atoms with Crippen LogP contribution in [0.15, 0.2) is 29.5 Å². The summed E-state index contributed by atoms with van der Waals surface area (Å²) in [5.41, 5.74) is 7.39. The number of alkyl halides is 3. The molecule has 0 radical (unpaired) electrons. The van der Waals surface area contributed by atoms with Gasteiger partial charge in [-0.15, -0.1) is 0 Å². The van der Waals surface area contributed by atoms with Gasteiger partial charge in [-0.05, 0) is 23.7 Å². The van der Waals surface area contributed by atoms with Crippen LogP contribution in [-0.2, 0) is 6.18 Å². The van der Waals surface area contributed by atoms with Crippen molar-refractivity contribution in [2.24, 2.45) is 5.11 Å². The van der Waals surface area contributed by atoms with E-state index < -0.39 is 11.7 Å². The van der Waals surface area contributed by atoms with Gasteiger partial charge in [0, 0.05) is 17.7 Å². The molecule has 0 saturated carbocycles. The van der Waals surface area contributed by atoms with Crippen molar-refractivity contribution < 1.29 is 13.2 Å². The molecule has 0 aliphatic heterocycles. The van der Waals surface area contributed by atoms with Crippen molar-refractivity contribution in [3.63, 3.8) is 0 Å². The molecule has 16 heavy (non-hydrogen) atoms. The topological polar surface area (TPSA) is 61.7 Å². The molecule has 0 spiro atoms. The second kappa shape index (κ2) is 5.18. The first-order valence-corrected chi connectivity index (χ1v) is 4.24. The Kier molecular flexibility index (Phi) is 3.90. The number of hydrogen-bond donors (Lipinski definition) is 0. The average molecular weight is 228 g/mol. The maximum Gasteiger partial charge on any atom is 0.416 e. The lowest BCUT2D eigenvalue weighted by Crippen LogP contribution is -2.05. The summed E-state index contributed by atoms with van der Waals surface area (Å²) in [4.78, 5) is 6.23. The quantitative estimate of drug-likeness (QED) is 0.444. The Bertz CT molecular complexity index is 433. The van der Waals surface area contributed by atoms with Crippen molar-refractivity contribution >= 4 is 6.08 Å². The van der Waals surface area contributed by atoms with E-state index in [1.54, 1.807) is 0 Å². The van der Waals surface area contributed by atoms with Crippen LogP contribution in [0.1, 0.15) is 11.3 Å². The molecule has 1 rings (SSSR count). The van der Waals surface area contributed by atoms with E-state index in [1.807, 2.05) is 0 Å². The number of halogens is 3. The van der Waals surface area contributed by atoms with Crippen molar-refractivity contribution in [2.45, 2.75) is 6.18 Å². The van der Waals surface area contributed by atoms with Crippen molar-refractivity contribution in [1.82, 2.24) is 4.98 Å². The van der Waals surface area contributed by atoms with E-state index in [0.717, 1.165) is 18.3 Å². The van der Waals surface area contributed by atoms with Gasteiger partial charge < -0.3 is 0 Å². The standard InChI is InChI=1S/C9H7F3N4/c10-9(11,12)7-3-5-14-8(6-7)2-1-4-15-16-13/h1-3,5-6H,4H2. The zero-order valence-corrected chi connectivity index (χ0v) is 8.02. The lowest BCUT2D eigenvalue weighted by atomic mass is 10.2. The predicted octanol–water partition coefficient (Wildman–Crippen LogP) is 3.42. The van der Waals surface area contributed by atoms with Gasteiger partial charge in [-0.25, -0.2) is 0 Å². The summed E-state index contributed by atoms with van der Waals surface area (Å²) in [5.74, 6) is 0. The van der Waals surface area contributed by atoms with Gasteiger partial charge in [-0.3, -0.25) is 4.98 Å². The van der Waals surface area contributed by atoms with E-state index >= 15 is 0 Å². The van der Waals surface area contributed by atoms with Gasteiger partial charge in [0.2, 0.25) is 0 Å². The highest BCUT2D eigenvalue weighted by Gasteiger charge is 2.30. The number of nitrogens with zero attached hydrogens (tertiary/aromatic N) is 4. The summed E-state index contributed by atoms with van der Waals surface area (Å²) < 4.78 is 36.9. The largest absolute Gasteiger partial charge is 0.416 e. The fraction of sp³-hybridized carbons (Fsp3) is 0.222. The van der Waals surface area contributed by atoms with Gasteiger partial charge in [0.15, 0.2) is 0 Å². The maximum absolute atomic E-state index is 12.3. The Morgan fingerprint density at radius 2 is 2.25 bits per heavy atom. The van der Waals surface area contributed by atoms with Gasteiger partial charge in [0.1, 0.15) is 0 Å². The number of azide groups is 1.